The number of aliphatic imine (C=N–C) groups is 1. The number of nitrogens with two attached hydrogens (primary N) is 1. The van der Waals surface area contributed by atoms with Gasteiger partial charge in [-0.1, -0.05) is 0 Å². The number of hydrogen-bond acceptors (Lipinski definition) is 3. The van der Waals surface area contributed by atoms with Gasteiger partial charge in [0, 0.05) is 11.6 Å². The smallest absolute Gasteiger partial charge is 0.210 e. The molecule has 1 rings (SSSR count). The number of benzene rings is 1. The molecule has 0 aliphatic carbocycles. The van der Waals surface area contributed by atoms with E-state index in [9.17, 15) is 4.39 Å². The molecule has 4 N–H and O–H groups in total. The standard InChI is InChI=1S/C10H14BrFN4O/c1-17-5-4-14-10(16-13)15-9-3-2-7(12)6-8(9)11/h2-3,6H,4-5,13H2,1H3,(H2,14,15,16). The summed E-state index contributed by atoms with van der Waals surface area (Å²) in [5.74, 6) is 5.37. The highest BCUT2D eigenvalue weighted by molar-refractivity contribution is 9.10. The summed E-state index contributed by atoms with van der Waals surface area (Å²) in [4.78, 5) is 4.12. The van der Waals surface area contributed by atoms with Gasteiger partial charge in [0.2, 0.25) is 5.96 Å². The van der Waals surface area contributed by atoms with Gasteiger partial charge in [-0.3, -0.25) is 5.43 Å². The molecule has 0 fully saturated rings. The second-order valence-corrected chi connectivity index (χ2v) is 3.97. The molecule has 0 spiro atoms. The molecule has 1 aromatic rings. The summed E-state index contributed by atoms with van der Waals surface area (Å²) in [5.41, 5.74) is 3.09. The van der Waals surface area contributed by atoms with Crippen LogP contribution >= 0.6 is 15.9 Å². The Morgan fingerprint density at radius 3 is 2.94 bits per heavy atom. The number of anilines is 1. The zero-order chi connectivity index (χ0) is 12.7. The van der Waals surface area contributed by atoms with Gasteiger partial charge in [0.05, 0.1) is 18.8 Å². The third-order valence-electron chi connectivity index (χ3n) is 1.89. The molecule has 94 valence electrons. The molecular weight excluding hydrogens is 291 g/mol. The van der Waals surface area contributed by atoms with Gasteiger partial charge in [0.15, 0.2) is 0 Å². The lowest BCUT2D eigenvalue weighted by Crippen LogP contribution is -2.36. The molecule has 0 saturated heterocycles. The van der Waals surface area contributed by atoms with Gasteiger partial charge in [-0.15, -0.1) is 0 Å². The molecule has 0 heterocycles. The van der Waals surface area contributed by atoms with Gasteiger partial charge >= 0.3 is 0 Å². The Kier molecular flexibility index (Phi) is 5.88. The fraction of sp³-hybridized carbons (Fsp3) is 0.300. The average Bonchev–Trinajstić information content (AvgIpc) is 2.31. The van der Waals surface area contributed by atoms with E-state index in [1.165, 1.54) is 12.1 Å². The lowest BCUT2D eigenvalue weighted by molar-refractivity contribution is 0.208. The summed E-state index contributed by atoms with van der Waals surface area (Å²) in [6, 6.07) is 4.28. The van der Waals surface area contributed by atoms with Crippen molar-refractivity contribution in [3.05, 3.63) is 28.5 Å². The number of hydrazine groups is 1. The predicted octanol–water partition coefficient (Wildman–Crippen LogP) is 1.47. The van der Waals surface area contributed by atoms with E-state index in [1.54, 1.807) is 13.2 Å². The molecule has 0 saturated carbocycles. The van der Waals surface area contributed by atoms with E-state index in [-0.39, 0.29) is 5.82 Å². The monoisotopic (exact) mass is 304 g/mol. The van der Waals surface area contributed by atoms with Gasteiger partial charge in [-0.25, -0.2) is 15.2 Å². The lowest BCUT2D eigenvalue weighted by Gasteiger charge is -2.10. The first-order chi connectivity index (χ1) is 8.17. The Morgan fingerprint density at radius 2 is 2.35 bits per heavy atom. The molecule has 5 nitrogen and oxygen atoms in total. The second-order valence-electron chi connectivity index (χ2n) is 3.12. The largest absolute Gasteiger partial charge is 0.383 e. The maximum absolute atomic E-state index is 12.9. The van der Waals surface area contributed by atoms with Crippen LogP contribution in [0.4, 0.5) is 10.1 Å². The van der Waals surface area contributed by atoms with Crippen LogP contribution in [0.2, 0.25) is 0 Å². The van der Waals surface area contributed by atoms with Crippen LogP contribution in [0.25, 0.3) is 0 Å². The van der Waals surface area contributed by atoms with Crippen molar-refractivity contribution in [1.29, 1.82) is 0 Å². The second kappa shape index (κ2) is 7.21. The molecule has 17 heavy (non-hydrogen) atoms. The van der Waals surface area contributed by atoms with E-state index >= 15 is 0 Å². The van der Waals surface area contributed by atoms with E-state index in [4.69, 9.17) is 10.6 Å². The van der Waals surface area contributed by atoms with Crippen LogP contribution in [0.15, 0.2) is 27.7 Å². The normalized spacial score (nSPS) is 11.4. The Balaban J connectivity index is 2.70. The number of halogens is 2. The summed E-state index contributed by atoms with van der Waals surface area (Å²) < 4.78 is 18.3. The number of rotatable bonds is 4. The van der Waals surface area contributed by atoms with Crippen LogP contribution in [0.5, 0.6) is 0 Å². The number of hydrogen-bond donors (Lipinski definition) is 3. The van der Waals surface area contributed by atoms with Gasteiger partial charge in [0.1, 0.15) is 5.82 Å². The van der Waals surface area contributed by atoms with Crippen molar-refractivity contribution in [2.24, 2.45) is 10.8 Å². The molecule has 7 heteroatoms. The SMILES string of the molecule is COCCN=C(NN)Nc1ccc(F)cc1Br. The van der Waals surface area contributed by atoms with Crippen LogP contribution in [0.1, 0.15) is 0 Å². The molecule has 1 aromatic carbocycles. The molecule has 0 atom stereocenters. The van der Waals surface area contributed by atoms with Gasteiger partial charge in [0.25, 0.3) is 0 Å². The molecule has 0 bridgehead atoms. The van der Waals surface area contributed by atoms with Crippen LogP contribution in [0.3, 0.4) is 0 Å². The summed E-state index contributed by atoms with van der Waals surface area (Å²) in [5, 5.41) is 2.93. The minimum Gasteiger partial charge on any atom is -0.383 e. The van der Waals surface area contributed by atoms with E-state index in [1.807, 2.05) is 0 Å². The van der Waals surface area contributed by atoms with Crippen LogP contribution in [-0.2, 0) is 4.74 Å². The highest BCUT2D eigenvalue weighted by Gasteiger charge is 2.03. The topological polar surface area (TPSA) is 71.7 Å². The zero-order valence-corrected chi connectivity index (χ0v) is 10.9. The third-order valence-corrected chi connectivity index (χ3v) is 2.54. The van der Waals surface area contributed by atoms with Crippen LogP contribution < -0.4 is 16.6 Å². The van der Waals surface area contributed by atoms with Crippen molar-refractivity contribution in [3.8, 4) is 0 Å². The molecular formula is C10H14BrFN4O. The van der Waals surface area contributed by atoms with Crippen LogP contribution in [-0.4, -0.2) is 26.2 Å². The number of methoxy groups -OCH3 is 1. The maximum atomic E-state index is 12.9. The van der Waals surface area contributed by atoms with Crippen molar-refractivity contribution in [3.63, 3.8) is 0 Å². The van der Waals surface area contributed by atoms with Gasteiger partial charge in [-0.2, -0.15) is 0 Å². The molecule has 0 radical (unpaired) electrons. The Morgan fingerprint density at radius 1 is 1.59 bits per heavy atom. The highest BCUT2D eigenvalue weighted by Crippen LogP contribution is 2.22. The van der Waals surface area contributed by atoms with E-state index in [0.29, 0.717) is 29.3 Å². The van der Waals surface area contributed by atoms with Crippen molar-refractivity contribution >= 4 is 27.6 Å². The Hall–Kier alpha value is -1.18. The lowest BCUT2D eigenvalue weighted by atomic mass is 10.3. The third kappa shape index (κ3) is 4.68. The fourth-order valence-corrected chi connectivity index (χ4v) is 1.54. The number of nitrogens with zero attached hydrogens (tertiary/aromatic N) is 1. The first kappa shape index (κ1) is 13.9. The zero-order valence-electron chi connectivity index (χ0n) is 9.34. The summed E-state index contributed by atoms with van der Waals surface area (Å²) >= 11 is 3.24. The Labute approximate surface area is 107 Å². The van der Waals surface area contributed by atoms with Crippen molar-refractivity contribution in [2.45, 2.75) is 0 Å². The van der Waals surface area contributed by atoms with Gasteiger partial charge < -0.3 is 10.1 Å². The predicted molar refractivity (Wildman–Crippen MR) is 69.2 cm³/mol. The van der Waals surface area contributed by atoms with Crippen LogP contribution in [0, 0.1) is 5.82 Å². The van der Waals surface area contributed by atoms with E-state index in [2.05, 4.69) is 31.7 Å². The maximum Gasteiger partial charge on any atom is 0.210 e. The minimum absolute atomic E-state index is 0.319. The molecule has 0 unspecified atom stereocenters. The number of nitrogens with one attached hydrogen (secondary N) is 2. The Bertz CT molecular complexity index is 400. The van der Waals surface area contributed by atoms with Gasteiger partial charge in [-0.05, 0) is 34.1 Å². The number of ether oxygens (including phenoxy) is 1. The quantitative estimate of drug-likeness (QED) is 0.259. The summed E-state index contributed by atoms with van der Waals surface area (Å²) in [7, 11) is 1.59. The number of guanidine groups is 1. The fourth-order valence-electron chi connectivity index (χ4n) is 1.09. The van der Waals surface area contributed by atoms with Crippen molar-refractivity contribution in [1.82, 2.24) is 5.43 Å². The molecule has 0 amide bonds. The van der Waals surface area contributed by atoms with Crippen molar-refractivity contribution < 1.29 is 9.13 Å². The molecule has 0 aliphatic heterocycles. The van der Waals surface area contributed by atoms with Crippen molar-refractivity contribution in [2.75, 3.05) is 25.6 Å². The highest BCUT2D eigenvalue weighted by atomic mass is 79.9. The summed E-state index contributed by atoms with van der Waals surface area (Å²) in [6.45, 7) is 0.972. The molecule has 0 aliphatic rings. The summed E-state index contributed by atoms with van der Waals surface area (Å²) in [6.07, 6.45) is 0. The first-order valence-electron chi connectivity index (χ1n) is 4.89. The van der Waals surface area contributed by atoms with E-state index < -0.39 is 0 Å². The van der Waals surface area contributed by atoms with E-state index in [0.717, 1.165) is 0 Å². The minimum atomic E-state index is -0.319. The molecule has 0 aromatic heterocycles. The average molecular weight is 305 g/mol. The first-order valence-corrected chi connectivity index (χ1v) is 5.68.